The highest BCUT2D eigenvalue weighted by Crippen LogP contribution is 2.44. The second-order valence-corrected chi connectivity index (χ2v) is 8.63. The maximum Gasteiger partial charge on any atom is 0.267 e. The van der Waals surface area contributed by atoms with E-state index >= 15 is 0 Å². The van der Waals surface area contributed by atoms with E-state index in [0.717, 1.165) is 6.07 Å². The number of benzene rings is 1. The minimum absolute atomic E-state index is 0.110. The van der Waals surface area contributed by atoms with Crippen LogP contribution in [-0.4, -0.2) is 46.1 Å². The summed E-state index contributed by atoms with van der Waals surface area (Å²) in [5, 5.41) is 5.61. The summed E-state index contributed by atoms with van der Waals surface area (Å²) in [6.45, 7) is 1.39. The van der Waals surface area contributed by atoms with Crippen LogP contribution in [0.15, 0.2) is 35.6 Å². The topological polar surface area (TPSA) is 105 Å². The van der Waals surface area contributed by atoms with Crippen LogP contribution in [0.1, 0.15) is 41.4 Å². The first kappa shape index (κ1) is 20.5. The molecule has 2 aromatic rings. The van der Waals surface area contributed by atoms with Crippen molar-refractivity contribution in [3.8, 4) is 0 Å². The van der Waals surface area contributed by atoms with Crippen molar-refractivity contribution in [1.82, 2.24) is 15.0 Å². The predicted octanol–water partition coefficient (Wildman–Crippen LogP) is 2.28. The highest BCUT2D eigenvalue weighted by molar-refractivity contribution is 5.90. The molecule has 1 aliphatic carbocycles. The van der Waals surface area contributed by atoms with E-state index in [1.54, 1.807) is 6.21 Å². The molecule has 32 heavy (non-hydrogen) atoms. The van der Waals surface area contributed by atoms with Gasteiger partial charge in [-0.15, -0.1) is 0 Å². The Kier molecular flexibility index (Phi) is 5.07. The fourth-order valence-electron chi connectivity index (χ4n) is 5.16. The molecule has 166 valence electrons. The first-order chi connectivity index (χ1) is 15.4. The zero-order chi connectivity index (χ0) is 22.4. The molecule has 8 nitrogen and oxygen atoms in total. The van der Waals surface area contributed by atoms with Gasteiger partial charge in [-0.05, 0) is 48.4 Å². The van der Waals surface area contributed by atoms with Crippen LogP contribution >= 0.6 is 0 Å². The van der Waals surface area contributed by atoms with Crippen molar-refractivity contribution in [2.45, 2.75) is 25.3 Å². The molecule has 0 bridgehead atoms. The Labute approximate surface area is 183 Å². The van der Waals surface area contributed by atoms with Gasteiger partial charge in [-0.3, -0.25) is 9.59 Å². The average molecular weight is 440 g/mol. The number of amides is 2. The molecule has 10 heteroatoms. The molecule has 3 heterocycles. The summed E-state index contributed by atoms with van der Waals surface area (Å²) in [5.41, 5.74) is 5.89. The van der Waals surface area contributed by atoms with E-state index in [4.69, 9.17) is 5.73 Å². The number of hydrazone groups is 1. The zero-order valence-corrected chi connectivity index (χ0v) is 17.2. The van der Waals surface area contributed by atoms with E-state index < -0.39 is 23.6 Å². The van der Waals surface area contributed by atoms with Gasteiger partial charge in [0.2, 0.25) is 11.9 Å². The van der Waals surface area contributed by atoms with Crippen molar-refractivity contribution in [1.29, 1.82) is 0 Å². The van der Waals surface area contributed by atoms with E-state index in [-0.39, 0.29) is 17.5 Å². The number of hydrogen-bond acceptors (Lipinski definition) is 6. The molecule has 1 saturated heterocycles. The number of carbonyl (C=O) groups is 2. The number of fused-ring (bicyclic) bond motifs is 1. The lowest BCUT2D eigenvalue weighted by molar-refractivity contribution is -0.137. The van der Waals surface area contributed by atoms with E-state index in [2.05, 4.69) is 15.1 Å². The largest absolute Gasteiger partial charge is 0.364 e. The minimum atomic E-state index is -0.669. The van der Waals surface area contributed by atoms with Gasteiger partial charge in [-0.2, -0.15) is 5.10 Å². The molecule has 1 saturated carbocycles. The van der Waals surface area contributed by atoms with Gasteiger partial charge in [0.15, 0.2) is 0 Å². The van der Waals surface area contributed by atoms with Crippen LogP contribution in [0.25, 0.3) is 0 Å². The quantitative estimate of drug-likeness (QED) is 0.785. The number of nitrogens with zero attached hydrogens (tertiary/aromatic N) is 5. The van der Waals surface area contributed by atoms with Crippen molar-refractivity contribution in [3.63, 3.8) is 0 Å². The third-order valence-corrected chi connectivity index (χ3v) is 6.60. The smallest absolute Gasteiger partial charge is 0.267 e. The fourth-order valence-corrected chi connectivity index (χ4v) is 5.16. The summed E-state index contributed by atoms with van der Waals surface area (Å²) in [5.74, 6) is -1.19. The van der Waals surface area contributed by atoms with Crippen molar-refractivity contribution in [2.75, 3.05) is 18.0 Å². The van der Waals surface area contributed by atoms with Crippen LogP contribution in [0.4, 0.5) is 14.7 Å². The van der Waals surface area contributed by atoms with Crippen molar-refractivity contribution >= 4 is 24.0 Å². The number of halogens is 2. The van der Waals surface area contributed by atoms with Crippen molar-refractivity contribution in [2.24, 2.45) is 28.6 Å². The van der Waals surface area contributed by atoms with Gasteiger partial charge in [0.25, 0.3) is 5.91 Å². The Morgan fingerprint density at radius 1 is 1.06 bits per heavy atom. The summed E-state index contributed by atoms with van der Waals surface area (Å²) in [4.78, 5) is 35.2. The molecule has 3 atom stereocenters. The highest BCUT2D eigenvalue weighted by Gasteiger charge is 2.46. The molecule has 2 aliphatic heterocycles. The molecule has 0 spiro atoms. The van der Waals surface area contributed by atoms with Crippen molar-refractivity contribution in [3.05, 3.63) is 53.4 Å². The van der Waals surface area contributed by atoms with Gasteiger partial charge in [-0.1, -0.05) is 0 Å². The van der Waals surface area contributed by atoms with Crippen LogP contribution in [0, 0.1) is 29.4 Å². The molecule has 1 unspecified atom stereocenters. The van der Waals surface area contributed by atoms with Crippen LogP contribution < -0.4 is 10.6 Å². The molecular formula is C22H22F2N6O2. The molecule has 5 rings (SSSR count). The Morgan fingerprint density at radius 3 is 2.41 bits per heavy atom. The summed E-state index contributed by atoms with van der Waals surface area (Å²) < 4.78 is 27.4. The third-order valence-electron chi connectivity index (χ3n) is 6.60. The highest BCUT2D eigenvalue weighted by atomic mass is 19.1. The lowest BCUT2D eigenvalue weighted by Gasteiger charge is -2.26. The molecule has 2 fully saturated rings. The third kappa shape index (κ3) is 3.69. The summed E-state index contributed by atoms with van der Waals surface area (Å²) in [6, 6.07) is 4.32. The van der Waals surface area contributed by atoms with E-state index in [0.29, 0.717) is 55.7 Å². The van der Waals surface area contributed by atoms with Gasteiger partial charge in [0.05, 0.1) is 6.04 Å². The number of carbonyl (C=O) groups excluding carboxylic acids is 2. The maximum atomic E-state index is 13.7. The monoisotopic (exact) mass is 440 g/mol. The Bertz CT molecular complexity index is 1080. The molecule has 2 N–H and O–H groups in total. The zero-order valence-electron chi connectivity index (χ0n) is 17.2. The van der Waals surface area contributed by atoms with Gasteiger partial charge >= 0.3 is 0 Å². The summed E-state index contributed by atoms with van der Waals surface area (Å²) in [6.07, 6.45) is 4.96. The minimum Gasteiger partial charge on any atom is -0.364 e. The molecule has 0 radical (unpaired) electrons. The van der Waals surface area contributed by atoms with Gasteiger partial charge in [0.1, 0.15) is 17.3 Å². The molecule has 1 aromatic carbocycles. The standard InChI is InChI=1S/C22H22F2N6O2/c23-16-7-12(8-17(24)9-16)19-2-4-27-30(19)21(32)13-5-14-10-29(11-15(14)6-13)22-26-3-1-18(28-22)20(25)31/h1,3-4,7-9,13-15,19H,2,5-6,10-11H2,(H2,25,31)/t14-,15-,19?/m0/s1. The van der Waals surface area contributed by atoms with Gasteiger partial charge < -0.3 is 10.6 Å². The Balaban J connectivity index is 1.26. The molecule has 3 aliphatic rings. The van der Waals surface area contributed by atoms with Crippen molar-refractivity contribution < 1.29 is 18.4 Å². The summed E-state index contributed by atoms with van der Waals surface area (Å²) in [7, 11) is 0. The Hall–Kier alpha value is -3.43. The lowest BCUT2D eigenvalue weighted by Crippen LogP contribution is -2.33. The number of hydrogen-bond donors (Lipinski definition) is 1. The maximum absolute atomic E-state index is 13.7. The fraction of sp³-hybridized carbons (Fsp3) is 0.409. The number of anilines is 1. The van der Waals surface area contributed by atoms with Gasteiger partial charge in [0, 0.05) is 43.9 Å². The Morgan fingerprint density at radius 2 is 1.75 bits per heavy atom. The second-order valence-electron chi connectivity index (χ2n) is 8.63. The molecule has 1 aromatic heterocycles. The number of primary amides is 1. The van der Waals surface area contributed by atoms with E-state index in [9.17, 15) is 18.4 Å². The summed E-state index contributed by atoms with van der Waals surface area (Å²) >= 11 is 0. The average Bonchev–Trinajstić information content (AvgIpc) is 3.47. The number of rotatable bonds is 4. The molecular weight excluding hydrogens is 418 g/mol. The first-order valence-electron chi connectivity index (χ1n) is 10.6. The van der Waals surface area contributed by atoms with Gasteiger partial charge in [-0.25, -0.2) is 23.8 Å². The first-order valence-corrected chi connectivity index (χ1v) is 10.6. The van der Waals surface area contributed by atoms with Crippen LogP contribution in [0.3, 0.4) is 0 Å². The number of nitrogens with two attached hydrogens (primary N) is 1. The normalized spacial score (nSPS) is 24.9. The number of aromatic nitrogens is 2. The van der Waals surface area contributed by atoms with Crippen LogP contribution in [0.2, 0.25) is 0 Å². The van der Waals surface area contributed by atoms with Crippen LogP contribution in [0.5, 0.6) is 0 Å². The van der Waals surface area contributed by atoms with E-state index in [1.165, 1.54) is 29.4 Å². The second kappa shape index (κ2) is 7.92. The molecule has 2 amide bonds. The van der Waals surface area contributed by atoms with Crippen LogP contribution in [-0.2, 0) is 4.79 Å². The SMILES string of the molecule is NC(=O)c1ccnc(N2C[C@@H]3CC(C(=O)N4N=CCC4c4cc(F)cc(F)c4)C[C@H]3C2)n1. The lowest BCUT2D eigenvalue weighted by atomic mass is 10.0. The predicted molar refractivity (Wildman–Crippen MR) is 112 cm³/mol. The van der Waals surface area contributed by atoms with E-state index in [1.807, 2.05) is 4.90 Å².